The Kier molecular flexibility index (Phi) is 5.75. The van der Waals surface area contributed by atoms with Crippen LogP contribution in [-0.4, -0.2) is 50.3 Å². The van der Waals surface area contributed by atoms with Crippen LogP contribution in [0.2, 0.25) is 0 Å². The van der Waals surface area contributed by atoms with Crippen molar-refractivity contribution in [3.8, 4) is 0 Å². The summed E-state index contributed by atoms with van der Waals surface area (Å²) in [7, 11) is 0. The lowest BCUT2D eigenvalue weighted by Crippen LogP contribution is -2.38. The lowest BCUT2D eigenvalue weighted by atomic mass is 10.0. The van der Waals surface area contributed by atoms with Crippen molar-refractivity contribution in [2.45, 2.75) is 45.1 Å². The Hall–Kier alpha value is -0.120. The Bertz CT molecular complexity index is 204. The molecule has 0 aromatic carbocycles. The second-order valence-corrected chi connectivity index (χ2v) is 5.61. The van der Waals surface area contributed by atoms with Gasteiger partial charge in [-0.3, -0.25) is 0 Å². The predicted molar refractivity (Wildman–Crippen MR) is 71.3 cm³/mol. The van der Waals surface area contributed by atoms with Crippen LogP contribution in [0.4, 0.5) is 0 Å². The molecule has 2 fully saturated rings. The second kappa shape index (κ2) is 7.34. The minimum Gasteiger partial charge on any atom is -0.381 e. The molecule has 0 saturated carbocycles. The maximum atomic E-state index is 5.45. The van der Waals surface area contributed by atoms with Gasteiger partial charge in [0.15, 0.2) is 0 Å². The number of ether oxygens (including phenoxy) is 1. The van der Waals surface area contributed by atoms with E-state index in [1.165, 1.54) is 58.3 Å². The molecule has 2 atom stereocenters. The van der Waals surface area contributed by atoms with E-state index in [4.69, 9.17) is 4.74 Å². The molecule has 0 aromatic rings. The summed E-state index contributed by atoms with van der Waals surface area (Å²) < 4.78 is 5.45. The first-order valence-electron chi connectivity index (χ1n) is 7.42. The number of hydrogen-bond donors (Lipinski definition) is 1. The highest BCUT2D eigenvalue weighted by Crippen LogP contribution is 2.17. The Morgan fingerprint density at radius 2 is 2.29 bits per heavy atom. The molecule has 0 radical (unpaired) electrons. The SMILES string of the molecule is CCCC1CN(CCC2CCOC2)CCCN1. The number of nitrogens with zero attached hydrogens (tertiary/aromatic N) is 1. The van der Waals surface area contributed by atoms with E-state index in [1.807, 2.05) is 0 Å². The predicted octanol–water partition coefficient (Wildman–Crippen LogP) is 1.88. The standard InChI is InChI=1S/C14H28N2O/c1-2-4-14-11-16(8-3-7-15-14)9-5-13-6-10-17-12-13/h13-15H,2-12H2,1H3. The van der Waals surface area contributed by atoms with Gasteiger partial charge in [0.1, 0.15) is 0 Å². The fraction of sp³-hybridized carbons (Fsp3) is 1.00. The van der Waals surface area contributed by atoms with Gasteiger partial charge in [0.05, 0.1) is 0 Å². The third kappa shape index (κ3) is 4.57. The van der Waals surface area contributed by atoms with Crippen LogP contribution in [0.1, 0.15) is 39.0 Å². The molecule has 0 aliphatic carbocycles. The summed E-state index contributed by atoms with van der Waals surface area (Å²) in [6.45, 7) is 9.29. The van der Waals surface area contributed by atoms with Gasteiger partial charge in [-0.1, -0.05) is 13.3 Å². The van der Waals surface area contributed by atoms with E-state index in [1.54, 1.807) is 0 Å². The Balaban J connectivity index is 1.70. The molecule has 100 valence electrons. The first-order valence-corrected chi connectivity index (χ1v) is 7.42. The Morgan fingerprint density at radius 3 is 3.06 bits per heavy atom. The number of rotatable bonds is 5. The molecule has 17 heavy (non-hydrogen) atoms. The van der Waals surface area contributed by atoms with E-state index in [0.717, 1.165) is 25.2 Å². The van der Waals surface area contributed by atoms with Crippen molar-refractivity contribution in [2.75, 3.05) is 39.4 Å². The van der Waals surface area contributed by atoms with Crippen molar-refractivity contribution in [2.24, 2.45) is 5.92 Å². The highest BCUT2D eigenvalue weighted by atomic mass is 16.5. The van der Waals surface area contributed by atoms with Gasteiger partial charge in [-0.25, -0.2) is 0 Å². The molecule has 0 aromatic heterocycles. The highest BCUT2D eigenvalue weighted by molar-refractivity contribution is 4.77. The molecule has 1 N–H and O–H groups in total. The van der Waals surface area contributed by atoms with E-state index in [0.29, 0.717) is 0 Å². The zero-order valence-corrected chi connectivity index (χ0v) is 11.3. The molecule has 2 rings (SSSR count). The minimum atomic E-state index is 0.724. The summed E-state index contributed by atoms with van der Waals surface area (Å²) in [5.74, 6) is 0.829. The van der Waals surface area contributed by atoms with Gasteiger partial charge in [-0.15, -0.1) is 0 Å². The van der Waals surface area contributed by atoms with E-state index in [9.17, 15) is 0 Å². The average molecular weight is 240 g/mol. The summed E-state index contributed by atoms with van der Waals surface area (Å²) in [4.78, 5) is 2.67. The highest BCUT2D eigenvalue weighted by Gasteiger charge is 2.20. The molecule has 3 heteroatoms. The summed E-state index contributed by atoms with van der Waals surface area (Å²) in [6.07, 6.45) is 6.54. The monoisotopic (exact) mass is 240 g/mol. The summed E-state index contributed by atoms with van der Waals surface area (Å²) in [5.41, 5.74) is 0. The smallest absolute Gasteiger partial charge is 0.0495 e. The van der Waals surface area contributed by atoms with E-state index in [-0.39, 0.29) is 0 Å². The Labute approximate surface area is 106 Å². The van der Waals surface area contributed by atoms with E-state index >= 15 is 0 Å². The molecular weight excluding hydrogens is 212 g/mol. The second-order valence-electron chi connectivity index (χ2n) is 5.61. The average Bonchev–Trinajstić information content (AvgIpc) is 2.75. The third-order valence-corrected chi connectivity index (χ3v) is 4.08. The number of hydrogen-bond acceptors (Lipinski definition) is 3. The van der Waals surface area contributed by atoms with Gasteiger partial charge in [0, 0.05) is 25.8 Å². The van der Waals surface area contributed by atoms with Crippen LogP contribution in [-0.2, 0) is 4.74 Å². The maximum absolute atomic E-state index is 5.45. The van der Waals surface area contributed by atoms with Crippen molar-refractivity contribution < 1.29 is 4.74 Å². The lowest BCUT2D eigenvalue weighted by Gasteiger charge is -2.25. The quantitative estimate of drug-likeness (QED) is 0.794. The van der Waals surface area contributed by atoms with Crippen LogP contribution in [0.15, 0.2) is 0 Å². The van der Waals surface area contributed by atoms with Gasteiger partial charge < -0.3 is 15.0 Å². The summed E-state index contributed by atoms with van der Waals surface area (Å²) in [5, 5.41) is 3.67. The topological polar surface area (TPSA) is 24.5 Å². The van der Waals surface area contributed by atoms with Crippen molar-refractivity contribution in [3.63, 3.8) is 0 Å². The molecule has 3 nitrogen and oxygen atoms in total. The van der Waals surface area contributed by atoms with E-state index < -0.39 is 0 Å². The summed E-state index contributed by atoms with van der Waals surface area (Å²) >= 11 is 0. The van der Waals surface area contributed by atoms with Gasteiger partial charge in [-0.2, -0.15) is 0 Å². The largest absolute Gasteiger partial charge is 0.381 e. The summed E-state index contributed by atoms with van der Waals surface area (Å²) in [6, 6.07) is 0.724. The van der Waals surface area contributed by atoms with Crippen LogP contribution < -0.4 is 5.32 Å². The first-order chi connectivity index (χ1) is 8.38. The maximum Gasteiger partial charge on any atom is 0.0495 e. The van der Waals surface area contributed by atoms with Crippen LogP contribution in [0, 0.1) is 5.92 Å². The zero-order chi connectivity index (χ0) is 11.9. The molecule has 2 saturated heterocycles. The zero-order valence-electron chi connectivity index (χ0n) is 11.3. The molecule has 0 bridgehead atoms. The molecule has 2 aliphatic rings. The number of nitrogens with one attached hydrogen (secondary N) is 1. The van der Waals surface area contributed by atoms with Crippen molar-refractivity contribution in [3.05, 3.63) is 0 Å². The van der Waals surface area contributed by atoms with Gasteiger partial charge in [-0.05, 0) is 51.2 Å². The van der Waals surface area contributed by atoms with Crippen LogP contribution in [0.5, 0.6) is 0 Å². The normalized spacial score (nSPS) is 31.6. The van der Waals surface area contributed by atoms with Gasteiger partial charge in [0.25, 0.3) is 0 Å². The molecule has 0 amide bonds. The van der Waals surface area contributed by atoms with Gasteiger partial charge >= 0.3 is 0 Å². The van der Waals surface area contributed by atoms with Crippen LogP contribution in [0.25, 0.3) is 0 Å². The van der Waals surface area contributed by atoms with Crippen LogP contribution in [0.3, 0.4) is 0 Å². The molecule has 2 aliphatic heterocycles. The van der Waals surface area contributed by atoms with E-state index in [2.05, 4.69) is 17.1 Å². The minimum absolute atomic E-state index is 0.724. The van der Waals surface area contributed by atoms with Crippen molar-refractivity contribution >= 4 is 0 Å². The first kappa shape index (κ1) is 13.3. The third-order valence-electron chi connectivity index (χ3n) is 4.08. The fourth-order valence-electron chi connectivity index (χ4n) is 3.00. The van der Waals surface area contributed by atoms with Crippen LogP contribution >= 0.6 is 0 Å². The molecule has 2 heterocycles. The Morgan fingerprint density at radius 1 is 1.35 bits per heavy atom. The lowest BCUT2D eigenvalue weighted by molar-refractivity contribution is 0.177. The van der Waals surface area contributed by atoms with Gasteiger partial charge in [0.2, 0.25) is 0 Å². The van der Waals surface area contributed by atoms with Crippen molar-refractivity contribution in [1.82, 2.24) is 10.2 Å². The molecule has 0 spiro atoms. The molecular formula is C14H28N2O. The fourth-order valence-corrected chi connectivity index (χ4v) is 3.00. The van der Waals surface area contributed by atoms with Crippen molar-refractivity contribution in [1.29, 1.82) is 0 Å². The molecule has 2 unspecified atom stereocenters.